The summed E-state index contributed by atoms with van der Waals surface area (Å²) >= 11 is 0. The van der Waals surface area contributed by atoms with E-state index in [1.165, 1.54) is 5.56 Å². The molecule has 1 aliphatic carbocycles. The van der Waals surface area contributed by atoms with Crippen LogP contribution in [0.5, 0.6) is 0 Å². The van der Waals surface area contributed by atoms with Crippen molar-refractivity contribution in [3.05, 3.63) is 42.0 Å². The van der Waals surface area contributed by atoms with Crippen LogP contribution in [0.4, 0.5) is 0 Å². The third-order valence-corrected chi connectivity index (χ3v) is 3.82. The Morgan fingerprint density at radius 3 is 2.37 bits per heavy atom. The standard InChI is InChI=1S/C13H14BN3.C2H6/c1-13(10-2-4-11(14)5-3-10)6-9(7-13)12-15-8-16-17-12;1-2/h2-5,8-9H,6-7H2,1H3,(H,15,16,17);1-2H3. The molecule has 1 fully saturated rings. The minimum atomic E-state index is 0.255. The summed E-state index contributed by atoms with van der Waals surface area (Å²) in [6.45, 7) is 6.30. The fourth-order valence-electron chi connectivity index (χ4n) is 2.75. The van der Waals surface area contributed by atoms with Crippen molar-refractivity contribution in [1.82, 2.24) is 15.2 Å². The zero-order valence-electron chi connectivity index (χ0n) is 11.9. The fourth-order valence-corrected chi connectivity index (χ4v) is 2.75. The third-order valence-electron chi connectivity index (χ3n) is 3.82. The Morgan fingerprint density at radius 1 is 1.21 bits per heavy atom. The predicted molar refractivity (Wildman–Crippen MR) is 78.9 cm³/mol. The number of aromatic nitrogens is 3. The second-order valence-corrected chi connectivity index (χ2v) is 5.16. The molecular formula is C15H20BN3. The number of nitrogens with one attached hydrogen (secondary N) is 1. The highest BCUT2D eigenvalue weighted by molar-refractivity contribution is 6.32. The number of hydrogen-bond donors (Lipinski definition) is 1. The van der Waals surface area contributed by atoms with Crippen LogP contribution in [-0.4, -0.2) is 23.0 Å². The molecule has 3 nitrogen and oxygen atoms in total. The van der Waals surface area contributed by atoms with E-state index < -0.39 is 0 Å². The van der Waals surface area contributed by atoms with E-state index in [1.807, 2.05) is 26.0 Å². The zero-order chi connectivity index (χ0) is 13.9. The maximum Gasteiger partial charge on any atom is 0.137 e. The summed E-state index contributed by atoms with van der Waals surface area (Å²) in [6, 6.07) is 8.21. The molecule has 0 spiro atoms. The first-order chi connectivity index (χ1) is 9.17. The van der Waals surface area contributed by atoms with Crippen molar-refractivity contribution in [3.63, 3.8) is 0 Å². The lowest BCUT2D eigenvalue weighted by molar-refractivity contribution is 0.217. The molecule has 1 N–H and O–H groups in total. The van der Waals surface area contributed by atoms with Crippen molar-refractivity contribution < 1.29 is 0 Å². The van der Waals surface area contributed by atoms with Crippen LogP contribution in [0.25, 0.3) is 0 Å². The average molecular weight is 253 g/mol. The molecular weight excluding hydrogens is 233 g/mol. The molecule has 1 aliphatic rings. The van der Waals surface area contributed by atoms with E-state index in [0.717, 1.165) is 24.1 Å². The van der Waals surface area contributed by atoms with Gasteiger partial charge in [-0.05, 0) is 23.8 Å². The summed E-state index contributed by atoms with van der Waals surface area (Å²) < 4.78 is 0. The van der Waals surface area contributed by atoms with Crippen LogP contribution in [0, 0.1) is 0 Å². The maximum atomic E-state index is 5.71. The number of hydrogen-bond acceptors (Lipinski definition) is 2. The van der Waals surface area contributed by atoms with Crippen LogP contribution in [0.3, 0.4) is 0 Å². The summed E-state index contributed by atoms with van der Waals surface area (Å²) in [7, 11) is 5.71. The van der Waals surface area contributed by atoms with Gasteiger partial charge in [0.1, 0.15) is 20.0 Å². The van der Waals surface area contributed by atoms with E-state index in [2.05, 4.69) is 34.2 Å². The smallest absolute Gasteiger partial charge is 0.137 e. The molecule has 1 aromatic heterocycles. The Hall–Kier alpha value is -1.58. The van der Waals surface area contributed by atoms with Gasteiger partial charge >= 0.3 is 0 Å². The van der Waals surface area contributed by atoms with E-state index in [-0.39, 0.29) is 5.41 Å². The summed E-state index contributed by atoms with van der Waals surface area (Å²) in [5.74, 6) is 1.53. The number of benzene rings is 1. The zero-order valence-corrected chi connectivity index (χ0v) is 11.9. The van der Waals surface area contributed by atoms with Gasteiger partial charge in [-0.2, -0.15) is 5.10 Å². The molecule has 1 aromatic carbocycles. The lowest BCUT2D eigenvalue weighted by atomic mass is 9.59. The molecule has 0 amide bonds. The van der Waals surface area contributed by atoms with Gasteiger partial charge in [0.05, 0.1) is 0 Å². The first kappa shape index (κ1) is 13.8. The Kier molecular flexibility index (Phi) is 4.08. The van der Waals surface area contributed by atoms with Crippen molar-refractivity contribution in [1.29, 1.82) is 0 Å². The van der Waals surface area contributed by atoms with Crippen LogP contribution in [0.15, 0.2) is 30.6 Å². The van der Waals surface area contributed by atoms with Gasteiger partial charge in [0, 0.05) is 5.92 Å². The molecule has 2 aromatic rings. The molecule has 98 valence electrons. The van der Waals surface area contributed by atoms with Gasteiger partial charge in [-0.1, -0.05) is 50.5 Å². The van der Waals surface area contributed by atoms with Crippen molar-refractivity contribution >= 4 is 13.3 Å². The lowest BCUT2D eigenvalue weighted by Crippen LogP contribution is -2.37. The van der Waals surface area contributed by atoms with Gasteiger partial charge in [0.15, 0.2) is 0 Å². The molecule has 0 bridgehead atoms. The number of nitrogens with zero attached hydrogens (tertiary/aromatic N) is 2. The minimum absolute atomic E-state index is 0.255. The van der Waals surface area contributed by atoms with E-state index >= 15 is 0 Å². The van der Waals surface area contributed by atoms with E-state index in [9.17, 15) is 0 Å². The molecule has 2 radical (unpaired) electrons. The van der Waals surface area contributed by atoms with E-state index in [0.29, 0.717) is 5.92 Å². The molecule has 0 aliphatic heterocycles. The fraction of sp³-hybridized carbons (Fsp3) is 0.467. The van der Waals surface area contributed by atoms with Crippen molar-refractivity contribution in [2.45, 2.75) is 44.9 Å². The van der Waals surface area contributed by atoms with Crippen LogP contribution in [-0.2, 0) is 5.41 Å². The summed E-state index contributed by atoms with van der Waals surface area (Å²) in [5.41, 5.74) is 2.44. The summed E-state index contributed by atoms with van der Waals surface area (Å²) in [6.07, 6.45) is 3.81. The number of rotatable bonds is 2. The topological polar surface area (TPSA) is 41.6 Å². The lowest BCUT2D eigenvalue weighted by Gasteiger charge is -2.44. The molecule has 4 heteroatoms. The predicted octanol–water partition coefficient (Wildman–Crippen LogP) is 2.46. The minimum Gasteiger partial charge on any atom is -0.263 e. The second-order valence-electron chi connectivity index (χ2n) is 5.16. The Balaban J connectivity index is 0.000000637. The second kappa shape index (κ2) is 5.60. The van der Waals surface area contributed by atoms with Gasteiger partial charge in [0.2, 0.25) is 0 Å². The monoisotopic (exact) mass is 253 g/mol. The first-order valence-corrected chi connectivity index (χ1v) is 6.89. The van der Waals surface area contributed by atoms with Gasteiger partial charge in [0.25, 0.3) is 0 Å². The van der Waals surface area contributed by atoms with Gasteiger partial charge in [-0.15, -0.1) is 0 Å². The van der Waals surface area contributed by atoms with Crippen molar-refractivity contribution in [2.24, 2.45) is 0 Å². The highest BCUT2D eigenvalue weighted by atomic mass is 15.2. The summed E-state index contributed by atoms with van der Waals surface area (Å²) in [4.78, 5) is 4.22. The highest BCUT2D eigenvalue weighted by Gasteiger charge is 2.43. The molecule has 0 saturated heterocycles. The molecule has 1 saturated carbocycles. The average Bonchev–Trinajstić information content (AvgIpc) is 2.92. The van der Waals surface area contributed by atoms with E-state index in [4.69, 9.17) is 7.85 Å². The molecule has 3 rings (SSSR count). The highest BCUT2D eigenvalue weighted by Crippen LogP contribution is 2.51. The van der Waals surface area contributed by atoms with Gasteiger partial charge in [-0.25, -0.2) is 4.98 Å². The van der Waals surface area contributed by atoms with Crippen LogP contribution >= 0.6 is 0 Å². The largest absolute Gasteiger partial charge is 0.263 e. The quantitative estimate of drug-likeness (QED) is 0.835. The van der Waals surface area contributed by atoms with Crippen molar-refractivity contribution in [2.75, 3.05) is 0 Å². The normalized spacial score (nSPS) is 25.1. The van der Waals surface area contributed by atoms with Crippen LogP contribution in [0.1, 0.15) is 50.9 Å². The number of H-pyrrole nitrogens is 1. The van der Waals surface area contributed by atoms with Crippen LogP contribution in [0.2, 0.25) is 0 Å². The van der Waals surface area contributed by atoms with Crippen molar-refractivity contribution in [3.8, 4) is 0 Å². The van der Waals surface area contributed by atoms with Gasteiger partial charge in [-0.3, -0.25) is 5.10 Å². The SMILES string of the molecule is CC.[B]c1ccc(C2(C)CC(c3ncn[nH]3)C2)cc1. The van der Waals surface area contributed by atoms with E-state index in [1.54, 1.807) is 6.33 Å². The third kappa shape index (κ3) is 2.72. The molecule has 1 heterocycles. The Bertz CT molecular complexity index is 499. The molecule has 0 atom stereocenters. The summed E-state index contributed by atoms with van der Waals surface area (Å²) in [5, 5.41) is 6.86. The van der Waals surface area contributed by atoms with Crippen LogP contribution < -0.4 is 5.46 Å². The van der Waals surface area contributed by atoms with Gasteiger partial charge < -0.3 is 0 Å². The Morgan fingerprint density at radius 2 is 1.84 bits per heavy atom. The number of aromatic amines is 1. The first-order valence-electron chi connectivity index (χ1n) is 6.89. The molecule has 0 unspecified atom stereocenters. The maximum absolute atomic E-state index is 5.71. The molecule has 19 heavy (non-hydrogen) atoms. The Labute approximate surface area is 116 Å².